The lowest BCUT2D eigenvalue weighted by Crippen LogP contribution is -2.62. The second kappa shape index (κ2) is 13.2. The van der Waals surface area contributed by atoms with Crippen LogP contribution in [0.4, 0.5) is 10.5 Å². The van der Waals surface area contributed by atoms with Gasteiger partial charge in [-0.15, -0.1) is 0 Å². The number of thioether (sulfide) groups is 1. The van der Waals surface area contributed by atoms with Gasteiger partial charge in [0.25, 0.3) is 11.8 Å². The highest BCUT2D eigenvalue weighted by atomic mass is 32.2. The molecule has 12 heteroatoms. The molecule has 4 heterocycles. The number of hydrogen-bond donors (Lipinski definition) is 3. The van der Waals surface area contributed by atoms with Crippen LogP contribution in [0.2, 0.25) is 0 Å². The number of anilines is 1. The van der Waals surface area contributed by atoms with Crippen LogP contribution in [0.1, 0.15) is 24.8 Å². The zero-order valence-corrected chi connectivity index (χ0v) is 26.0. The molecule has 5 atom stereocenters. The molecule has 3 saturated heterocycles. The molecular weight excluding hydrogens is 582 g/mol. The molecule has 0 saturated carbocycles. The van der Waals surface area contributed by atoms with E-state index in [2.05, 4.69) is 16.0 Å². The number of nitrogens with one attached hydrogen (secondary N) is 3. The first kappa shape index (κ1) is 30.4. The van der Waals surface area contributed by atoms with Crippen molar-refractivity contribution in [2.45, 2.75) is 49.7 Å². The topological polar surface area (TPSA) is 121 Å². The van der Waals surface area contributed by atoms with Gasteiger partial charge >= 0.3 is 6.03 Å². The molecule has 4 amide bonds. The van der Waals surface area contributed by atoms with Crippen molar-refractivity contribution in [2.24, 2.45) is 5.92 Å². The lowest BCUT2D eigenvalue weighted by Gasteiger charge is -2.46. The normalized spacial score (nSPS) is 25.3. The minimum absolute atomic E-state index is 0.0328. The number of ether oxygens (including phenoxy) is 3. The van der Waals surface area contributed by atoms with E-state index < -0.39 is 6.10 Å². The number of amides is 4. The first-order valence-electron chi connectivity index (χ1n) is 15.1. The summed E-state index contributed by atoms with van der Waals surface area (Å²) < 4.78 is 16.5. The maximum atomic E-state index is 13.7. The van der Waals surface area contributed by atoms with Crippen molar-refractivity contribution in [3.8, 4) is 11.5 Å². The summed E-state index contributed by atoms with van der Waals surface area (Å²) >= 11 is 1.48. The fraction of sp³-hybridized carbons (Fsp3) is 0.469. The van der Waals surface area contributed by atoms with Gasteiger partial charge in [0.05, 0.1) is 22.9 Å². The van der Waals surface area contributed by atoms with Gasteiger partial charge in [-0.3, -0.25) is 14.5 Å². The fourth-order valence-electron chi connectivity index (χ4n) is 6.63. The largest absolute Gasteiger partial charge is 0.457 e. The summed E-state index contributed by atoms with van der Waals surface area (Å²) in [5.41, 5.74) is 2.43. The third kappa shape index (κ3) is 6.03. The Morgan fingerprint density at radius 3 is 2.68 bits per heavy atom. The molecule has 3 N–H and O–H groups in total. The maximum Gasteiger partial charge on any atom is 0.326 e. The number of para-hydroxylation sites is 1. The van der Waals surface area contributed by atoms with Crippen molar-refractivity contribution in [3.05, 3.63) is 64.7 Å². The number of benzene rings is 2. The summed E-state index contributed by atoms with van der Waals surface area (Å²) in [6, 6.07) is 14.8. The van der Waals surface area contributed by atoms with Gasteiger partial charge in [-0.1, -0.05) is 30.0 Å². The minimum atomic E-state index is -0.674. The molecule has 0 radical (unpaired) electrons. The summed E-state index contributed by atoms with van der Waals surface area (Å²) in [5.74, 6) is 1.03. The first-order valence-corrected chi connectivity index (χ1v) is 15.9. The van der Waals surface area contributed by atoms with E-state index in [0.717, 1.165) is 42.8 Å². The number of carbonyl (C=O) groups excluding carboxylic acids is 3. The van der Waals surface area contributed by atoms with Crippen molar-refractivity contribution in [2.75, 3.05) is 45.4 Å². The molecule has 0 aliphatic carbocycles. The predicted octanol–water partition coefficient (Wildman–Crippen LogP) is 3.35. The Hall–Kier alpha value is -3.58. The van der Waals surface area contributed by atoms with Crippen LogP contribution >= 0.6 is 11.8 Å². The zero-order chi connectivity index (χ0) is 30.8. The SMILES string of the molecule is COC[C@H](OC)C(=O)N1CCC[C@@H](NC(=O)C2=C3NC(=O)N(c4ccc(Oc5ccccc5)cc4C)C4CCNC(S2)C34)C1. The summed E-state index contributed by atoms with van der Waals surface area (Å²) in [4.78, 5) is 44.5. The van der Waals surface area contributed by atoms with E-state index in [9.17, 15) is 14.4 Å². The van der Waals surface area contributed by atoms with Gasteiger partial charge < -0.3 is 35.1 Å². The highest BCUT2D eigenvalue weighted by Crippen LogP contribution is 2.48. The van der Waals surface area contributed by atoms with Crippen molar-refractivity contribution >= 4 is 35.3 Å². The molecule has 4 aliphatic heterocycles. The van der Waals surface area contributed by atoms with Crippen LogP contribution in [0.15, 0.2) is 59.1 Å². The molecule has 3 unspecified atom stereocenters. The van der Waals surface area contributed by atoms with Crippen LogP contribution in [-0.2, 0) is 19.1 Å². The van der Waals surface area contributed by atoms with E-state index >= 15 is 0 Å². The number of likely N-dealkylation sites (tertiary alicyclic amines) is 1. The second-order valence-electron chi connectivity index (χ2n) is 11.6. The Balaban J connectivity index is 1.17. The van der Waals surface area contributed by atoms with Crippen molar-refractivity contribution in [3.63, 3.8) is 0 Å². The molecule has 11 nitrogen and oxygen atoms in total. The van der Waals surface area contributed by atoms with Crippen LogP contribution in [0.25, 0.3) is 0 Å². The first-order chi connectivity index (χ1) is 21.4. The molecule has 234 valence electrons. The summed E-state index contributed by atoms with van der Waals surface area (Å²) in [7, 11) is 3.03. The summed E-state index contributed by atoms with van der Waals surface area (Å²) in [6.45, 7) is 3.90. The van der Waals surface area contributed by atoms with Crippen molar-refractivity contribution in [1.29, 1.82) is 0 Å². The predicted molar refractivity (Wildman–Crippen MR) is 167 cm³/mol. The standard InChI is InChI=1S/C32H39N5O6S/c1-19-16-22(43-21-9-5-4-6-10-21)11-12-23(19)37-24-13-14-33-30-26(24)27(35-32(37)40)28(44-30)29(38)34-20-8-7-15-36(17-20)31(39)25(42-3)18-41-2/h4-6,9-12,16,20,24-26,30,33H,7-8,13-15,17-18H2,1-3H3,(H,34,38)(H,35,40)/t20-,24?,25+,26?,30?/m1/s1. The van der Waals surface area contributed by atoms with E-state index in [4.69, 9.17) is 14.2 Å². The number of urea groups is 1. The molecule has 0 spiro atoms. The van der Waals surface area contributed by atoms with Crippen LogP contribution in [-0.4, -0.2) is 86.8 Å². The third-order valence-electron chi connectivity index (χ3n) is 8.70. The van der Waals surface area contributed by atoms with Crippen LogP contribution in [0, 0.1) is 12.8 Å². The molecule has 2 aromatic carbocycles. The van der Waals surface area contributed by atoms with Crippen molar-refractivity contribution < 1.29 is 28.6 Å². The monoisotopic (exact) mass is 621 g/mol. The second-order valence-corrected chi connectivity index (χ2v) is 12.7. The number of nitrogens with zero attached hydrogens (tertiary/aromatic N) is 2. The van der Waals surface area contributed by atoms with Crippen molar-refractivity contribution in [1.82, 2.24) is 20.9 Å². The van der Waals surface area contributed by atoms with Gasteiger partial charge in [0.15, 0.2) is 6.10 Å². The number of rotatable bonds is 9. The van der Waals surface area contributed by atoms with Gasteiger partial charge in [-0.2, -0.15) is 0 Å². The molecule has 6 rings (SSSR count). The number of piperidine rings is 2. The number of hydrogen-bond acceptors (Lipinski definition) is 8. The average molecular weight is 622 g/mol. The van der Waals surface area contributed by atoms with Crippen LogP contribution < -0.4 is 25.6 Å². The van der Waals surface area contributed by atoms with Gasteiger partial charge in [0.1, 0.15) is 11.5 Å². The van der Waals surface area contributed by atoms with Gasteiger partial charge in [0, 0.05) is 50.7 Å². The summed E-state index contributed by atoms with van der Waals surface area (Å²) in [5, 5.41) is 9.76. The third-order valence-corrected chi connectivity index (χ3v) is 10.1. The van der Waals surface area contributed by atoms with E-state index in [1.807, 2.05) is 60.4 Å². The van der Waals surface area contributed by atoms with Gasteiger partial charge in [-0.05, 0) is 68.6 Å². The number of methoxy groups -OCH3 is 2. The Morgan fingerprint density at radius 2 is 1.93 bits per heavy atom. The quantitative estimate of drug-likeness (QED) is 0.390. The highest BCUT2D eigenvalue weighted by Gasteiger charge is 2.52. The molecule has 3 fully saturated rings. The number of aryl methyl sites for hydroxylation is 1. The fourth-order valence-corrected chi connectivity index (χ4v) is 8.03. The van der Waals surface area contributed by atoms with E-state index in [-0.39, 0.29) is 47.8 Å². The molecule has 4 aliphatic rings. The molecular formula is C32H39N5O6S. The Kier molecular flexibility index (Phi) is 9.13. The van der Waals surface area contributed by atoms with Crippen LogP contribution in [0.3, 0.4) is 0 Å². The molecule has 2 aromatic rings. The van der Waals surface area contributed by atoms with Gasteiger partial charge in [-0.25, -0.2) is 4.79 Å². The maximum absolute atomic E-state index is 13.7. The van der Waals surface area contributed by atoms with E-state index in [1.54, 1.807) is 4.90 Å². The average Bonchev–Trinajstić information content (AvgIpc) is 3.40. The molecule has 0 aromatic heterocycles. The van der Waals surface area contributed by atoms with E-state index in [1.165, 1.54) is 26.0 Å². The Morgan fingerprint density at radius 1 is 1.11 bits per heavy atom. The summed E-state index contributed by atoms with van der Waals surface area (Å²) in [6.07, 6.45) is 1.63. The highest BCUT2D eigenvalue weighted by molar-refractivity contribution is 8.04. The van der Waals surface area contributed by atoms with Crippen LogP contribution in [0.5, 0.6) is 11.5 Å². The molecule has 44 heavy (non-hydrogen) atoms. The Bertz CT molecular complexity index is 1440. The lowest BCUT2D eigenvalue weighted by molar-refractivity contribution is -0.146. The molecule has 0 bridgehead atoms. The van der Waals surface area contributed by atoms with E-state index in [0.29, 0.717) is 29.4 Å². The van der Waals surface area contributed by atoms with Gasteiger partial charge in [0.2, 0.25) is 0 Å². The Labute approximate surface area is 261 Å². The lowest BCUT2D eigenvalue weighted by atomic mass is 9.86. The zero-order valence-electron chi connectivity index (χ0n) is 25.2. The smallest absolute Gasteiger partial charge is 0.326 e. The minimum Gasteiger partial charge on any atom is -0.457 e. The number of carbonyl (C=O) groups is 3.